The first-order valence-electron chi connectivity index (χ1n) is 9.90. The van der Waals surface area contributed by atoms with Crippen LogP contribution in [0.3, 0.4) is 0 Å². The maximum absolute atomic E-state index is 13.3. The van der Waals surface area contributed by atoms with E-state index < -0.39 is 10.0 Å². The number of nitrogens with zero attached hydrogens (tertiary/aromatic N) is 2. The van der Waals surface area contributed by atoms with Crippen LogP contribution in [0.4, 0.5) is 5.69 Å². The summed E-state index contributed by atoms with van der Waals surface area (Å²) in [7, 11) is -1.80. The van der Waals surface area contributed by atoms with E-state index in [9.17, 15) is 13.2 Å². The smallest absolute Gasteiger partial charge is 0.264 e. The molecular weight excluding hydrogens is 386 g/mol. The Morgan fingerprint density at radius 1 is 1.07 bits per heavy atom. The Balaban J connectivity index is 1.86. The second-order valence-corrected chi connectivity index (χ2v) is 9.60. The van der Waals surface area contributed by atoms with Gasteiger partial charge in [0.15, 0.2) is 0 Å². The Bertz CT molecular complexity index is 953. The summed E-state index contributed by atoms with van der Waals surface area (Å²) in [5, 5.41) is 3.02. The summed E-state index contributed by atoms with van der Waals surface area (Å²) < 4.78 is 27.9. The summed E-state index contributed by atoms with van der Waals surface area (Å²) in [6, 6.07) is 13.8. The number of hydrogen-bond donors (Lipinski definition) is 1. The fraction of sp³-hybridized carbons (Fsp3) is 0.409. The predicted octanol–water partition coefficient (Wildman–Crippen LogP) is 2.71. The van der Waals surface area contributed by atoms with Crippen molar-refractivity contribution in [1.82, 2.24) is 10.2 Å². The predicted molar refractivity (Wildman–Crippen MR) is 116 cm³/mol. The third-order valence-electron chi connectivity index (χ3n) is 5.48. The lowest BCUT2D eigenvalue weighted by molar-refractivity contribution is -0.120. The fourth-order valence-electron chi connectivity index (χ4n) is 3.47. The monoisotopic (exact) mass is 415 g/mol. The molecule has 1 fully saturated rings. The lowest BCUT2D eigenvalue weighted by Crippen LogP contribution is -2.47. The minimum atomic E-state index is -3.86. The molecular formula is C22H29N3O3S. The Morgan fingerprint density at radius 2 is 1.72 bits per heavy atom. The minimum absolute atomic E-state index is 0.0831. The number of anilines is 1. The van der Waals surface area contributed by atoms with Crippen molar-refractivity contribution in [3.63, 3.8) is 0 Å². The average molecular weight is 416 g/mol. The summed E-state index contributed by atoms with van der Waals surface area (Å²) in [6.07, 6.45) is 1.74. The van der Waals surface area contributed by atoms with Crippen LogP contribution in [-0.2, 0) is 14.8 Å². The number of sulfonamides is 1. The lowest BCUT2D eigenvalue weighted by atomic mass is 10.1. The first kappa shape index (κ1) is 21.3. The number of carbonyl (C=O) groups excluding carboxylic acids is 1. The topological polar surface area (TPSA) is 69.7 Å². The first-order chi connectivity index (χ1) is 13.8. The molecule has 1 saturated heterocycles. The SMILES string of the molecule is Cc1ccc(N(CC(=O)NC2CCN(C)CC2)S(=O)(=O)c2ccccc2)cc1C. The highest BCUT2D eigenvalue weighted by Crippen LogP contribution is 2.25. The van der Waals surface area contributed by atoms with Gasteiger partial charge in [0.2, 0.25) is 5.91 Å². The molecule has 6 nitrogen and oxygen atoms in total. The van der Waals surface area contributed by atoms with Crippen LogP contribution in [0.15, 0.2) is 53.4 Å². The van der Waals surface area contributed by atoms with Gasteiger partial charge in [-0.2, -0.15) is 0 Å². The molecule has 0 atom stereocenters. The molecule has 7 heteroatoms. The van der Waals surface area contributed by atoms with Gasteiger partial charge in [0, 0.05) is 6.04 Å². The molecule has 0 radical (unpaired) electrons. The van der Waals surface area contributed by atoms with Crippen molar-refractivity contribution < 1.29 is 13.2 Å². The van der Waals surface area contributed by atoms with E-state index >= 15 is 0 Å². The second kappa shape index (κ2) is 8.97. The van der Waals surface area contributed by atoms with E-state index in [4.69, 9.17) is 0 Å². The summed E-state index contributed by atoms with van der Waals surface area (Å²) >= 11 is 0. The first-order valence-corrected chi connectivity index (χ1v) is 11.3. The Labute approximate surface area is 173 Å². The molecule has 1 aliphatic rings. The molecule has 1 amide bonds. The van der Waals surface area contributed by atoms with Crippen LogP contribution >= 0.6 is 0 Å². The molecule has 0 bridgehead atoms. The number of rotatable bonds is 6. The van der Waals surface area contributed by atoms with Crippen LogP contribution in [0.25, 0.3) is 0 Å². The van der Waals surface area contributed by atoms with Crippen molar-refractivity contribution >= 4 is 21.6 Å². The van der Waals surface area contributed by atoms with Gasteiger partial charge in [-0.05, 0) is 82.2 Å². The Hall–Kier alpha value is -2.38. The largest absolute Gasteiger partial charge is 0.352 e. The number of hydrogen-bond acceptors (Lipinski definition) is 4. The van der Waals surface area contributed by atoms with Crippen molar-refractivity contribution in [2.24, 2.45) is 0 Å². The average Bonchev–Trinajstić information content (AvgIpc) is 2.71. The maximum Gasteiger partial charge on any atom is 0.264 e. The number of piperidine rings is 1. The molecule has 1 heterocycles. The van der Waals surface area contributed by atoms with E-state index in [1.165, 1.54) is 4.31 Å². The molecule has 0 unspecified atom stereocenters. The zero-order chi connectivity index (χ0) is 21.0. The minimum Gasteiger partial charge on any atom is -0.352 e. The summed E-state index contributed by atoms with van der Waals surface area (Å²) in [6.45, 7) is 5.51. The zero-order valence-electron chi connectivity index (χ0n) is 17.3. The van der Waals surface area contributed by atoms with E-state index in [1.54, 1.807) is 36.4 Å². The van der Waals surface area contributed by atoms with Crippen LogP contribution in [0.2, 0.25) is 0 Å². The number of benzene rings is 2. The number of nitrogens with one attached hydrogen (secondary N) is 1. The van der Waals surface area contributed by atoms with Crippen molar-refractivity contribution in [3.8, 4) is 0 Å². The van der Waals surface area contributed by atoms with E-state index in [1.807, 2.05) is 26.0 Å². The van der Waals surface area contributed by atoms with Gasteiger partial charge in [0.25, 0.3) is 10.0 Å². The van der Waals surface area contributed by atoms with Gasteiger partial charge in [0.1, 0.15) is 6.54 Å². The number of amides is 1. The molecule has 0 aliphatic carbocycles. The van der Waals surface area contributed by atoms with Crippen molar-refractivity contribution in [1.29, 1.82) is 0 Å². The highest BCUT2D eigenvalue weighted by Gasteiger charge is 2.28. The maximum atomic E-state index is 13.3. The number of aryl methyl sites for hydroxylation is 2. The zero-order valence-corrected chi connectivity index (χ0v) is 18.1. The molecule has 0 spiro atoms. The summed E-state index contributed by atoms with van der Waals surface area (Å²) in [5.41, 5.74) is 2.54. The van der Waals surface area contributed by atoms with E-state index in [2.05, 4.69) is 17.3 Å². The molecule has 2 aromatic rings. The molecule has 2 aromatic carbocycles. The molecule has 1 N–H and O–H groups in total. The molecule has 156 valence electrons. The highest BCUT2D eigenvalue weighted by molar-refractivity contribution is 7.92. The normalized spacial score (nSPS) is 15.8. The van der Waals surface area contributed by atoms with Gasteiger partial charge >= 0.3 is 0 Å². The second-order valence-electron chi connectivity index (χ2n) is 7.74. The van der Waals surface area contributed by atoms with Gasteiger partial charge in [-0.15, -0.1) is 0 Å². The van der Waals surface area contributed by atoms with E-state index in [0.29, 0.717) is 5.69 Å². The van der Waals surface area contributed by atoms with Crippen molar-refractivity contribution in [2.75, 3.05) is 31.0 Å². The third kappa shape index (κ3) is 5.16. The number of likely N-dealkylation sites (tertiary alicyclic amines) is 1. The van der Waals surface area contributed by atoms with Crippen molar-refractivity contribution in [2.45, 2.75) is 37.6 Å². The lowest BCUT2D eigenvalue weighted by Gasteiger charge is -2.30. The molecule has 0 saturated carbocycles. The summed E-state index contributed by atoms with van der Waals surface area (Å²) in [4.78, 5) is 15.2. The van der Waals surface area contributed by atoms with Crippen LogP contribution in [-0.4, -0.2) is 51.9 Å². The Morgan fingerprint density at radius 3 is 2.34 bits per heavy atom. The fourth-order valence-corrected chi connectivity index (χ4v) is 4.91. The van der Waals surface area contributed by atoms with Gasteiger partial charge in [-0.25, -0.2) is 8.42 Å². The molecule has 29 heavy (non-hydrogen) atoms. The van der Waals surface area contributed by atoms with Gasteiger partial charge in [-0.1, -0.05) is 24.3 Å². The van der Waals surface area contributed by atoms with Crippen LogP contribution in [0, 0.1) is 13.8 Å². The standard InChI is InChI=1S/C22H29N3O3S/c1-17-9-10-20(15-18(17)2)25(29(27,28)21-7-5-4-6-8-21)16-22(26)23-19-11-13-24(3)14-12-19/h4-10,15,19H,11-14,16H2,1-3H3,(H,23,26). The summed E-state index contributed by atoms with van der Waals surface area (Å²) in [5.74, 6) is -0.280. The van der Waals surface area contributed by atoms with E-state index in [0.717, 1.165) is 37.1 Å². The highest BCUT2D eigenvalue weighted by atomic mass is 32.2. The molecule has 0 aromatic heterocycles. The van der Waals surface area contributed by atoms with Crippen LogP contribution < -0.4 is 9.62 Å². The molecule has 1 aliphatic heterocycles. The van der Waals surface area contributed by atoms with Gasteiger partial charge in [-0.3, -0.25) is 9.10 Å². The van der Waals surface area contributed by atoms with Crippen LogP contribution in [0.5, 0.6) is 0 Å². The number of carbonyl (C=O) groups is 1. The van der Waals surface area contributed by atoms with Gasteiger partial charge < -0.3 is 10.2 Å². The van der Waals surface area contributed by atoms with E-state index in [-0.39, 0.29) is 23.4 Å². The van der Waals surface area contributed by atoms with Crippen molar-refractivity contribution in [3.05, 3.63) is 59.7 Å². The van der Waals surface area contributed by atoms with Gasteiger partial charge in [0.05, 0.1) is 10.6 Å². The third-order valence-corrected chi connectivity index (χ3v) is 7.27. The quantitative estimate of drug-likeness (QED) is 0.788. The Kier molecular flexibility index (Phi) is 6.59. The van der Waals surface area contributed by atoms with Crippen LogP contribution in [0.1, 0.15) is 24.0 Å². The molecule has 3 rings (SSSR count).